The van der Waals surface area contributed by atoms with Crippen LogP contribution >= 0.6 is 23.6 Å². The molecule has 2 fully saturated rings. The van der Waals surface area contributed by atoms with E-state index in [4.69, 9.17) is 12.2 Å². The number of thiophene rings is 1. The van der Waals surface area contributed by atoms with Gasteiger partial charge in [-0.05, 0) is 50.2 Å². The molecule has 0 aromatic carbocycles. The molecule has 5 heteroatoms. The summed E-state index contributed by atoms with van der Waals surface area (Å²) < 4.78 is 0. The van der Waals surface area contributed by atoms with Gasteiger partial charge in [0.25, 0.3) is 5.91 Å². The van der Waals surface area contributed by atoms with E-state index >= 15 is 0 Å². The first kappa shape index (κ1) is 10.9. The number of aryl methyl sites for hydroxylation is 1. The Morgan fingerprint density at radius 3 is 2.88 bits per heavy atom. The van der Waals surface area contributed by atoms with Crippen LogP contribution in [-0.4, -0.2) is 22.0 Å². The van der Waals surface area contributed by atoms with Gasteiger partial charge in [0.1, 0.15) is 5.70 Å². The number of amides is 1. The van der Waals surface area contributed by atoms with E-state index < -0.39 is 0 Å². The Bertz CT molecular complexity index is 528. The molecule has 1 N–H and O–H groups in total. The van der Waals surface area contributed by atoms with Crippen LogP contribution in [0.5, 0.6) is 0 Å². The monoisotopic (exact) mass is 264 g/mol. The van der Waals surface area contributed by atoms with Crippen molar-refractivity contribution < 1.29 is 4.79 Å². The van der Waals surface area contributed by atoms with Crippen molar-refractivity contribution >= 4 is 40.7 Å². The van der Waals surface area contributed by atoms with Gasteiger partial charge in [0.2, 0.25) is 0 Å². The maximum atomic E-state index is 12.1. The fourth-order valence-corrected chi connectivity index (χ4v) is 3.05. The van der Waals surface area contributed by atoms with Gasteiger partial charge in [0, 0.05) is 15.8 Å². The zero-order valence-electron chi connectivity index (χ0n) is 9.40. The van der Waals surface area contributed by atoms with Gasteiger partial charge in [-0.1, -0.05) is 0 Å². The predicted molar refractivity (Wildman–Crippen MR) is 72.6 cm³/mol. The molecule has 0 atom stereocenters. The van der Waals surface area contributed by atoms with E-state index in [0.29, 0.717) is 16.9 Å². The lowest BCUT2D eigenvalue weighted by atomic mass is 10.3. The predicted octanol–water partition coefficient (Wildman–Crippen LogP) is 2.28. The minimum Gasteiger partial charge on any atom is -0.328 e. The molecule has 1 aromatic heterocycles. The van der Waals surface area contributed by atoms with Crippen LogP contribution in [-0.2, 0) is 4.79 Å². The fourth-order valence-electron chi connectivity index (χ4n) is 1.89. The Morgan fingerprint density at radius 2 is 2.29 bits per heavy atom. The van der Waals surface area contributed by atoms with Crippen molar-refractivity contribution in [3.8, 4) is 0 Å². The summed E-state index contributed by atoms with van der Waals surface area (Å²) in [5.74, 6) is 0.0172. The van der Waals surface area contributed by atoms with Crippen LogP contribution in [0.25, 0.3) is 6.08 Å². The number of nitrogens with zero attached hydrogens (tertiary/aromatic N) is 1. The van der Waals surface area contributed by atoms with E-state index in [1.54, 1.807) is 16.2 Å². The molecule has 0 spiro atoms. The van der Waals surface area contributed by atoms with Gasteiger partial charge in [-0.3, -0.25) is 9.69 Å². The summed E-state index contributed by atoms with van der Waals surface area (Å²) in [6, 6.07) is 4.40. The molecule has 1 saturated heterocycles. The molecular weight excluding hydrogens is 252 g/mol. The molecule has 1 amide bonds. The van der Waals surface area contributed by atoms with Crippen LogP contribution in [0.15, 0.2) is 17.8 Å². The zero-order valence-corrected chi connectivity index (χ0v) is 11.0. The second-order valence-electron chi connectivity index (χ2n) is 4.34. The average Bonchev–Trinajstić information content (AvgIpc) is 2.96. The summed E-state index contributed by atoms with van der Waals surface area (Å²) in [4.78, 5) is 16.2. The number of nitrogens with one attached hydrogen (secondary N) is 1. The topological polar surface area (TPSA) is 32.3 Å². The molecule has 0 radical (unpaired) electrons. The molecule has 88 valence electrons. The highest BCUT2D eigenvalue weighted by Crippen LogP contribution is 2.31. The van der Waals surface area contributed by atoms with Gasteiger partial charge in [-0.25, -0.2) is 0 Å². The summed E-state index contributed by atoms with van der Waals surface area (Å²) >= 11 is 6.86. The summed E-state index contributed by atoms with van der Waals surface area (Å²) in [6.07, 6.45) is 4.02. The van der Waals surface area contributed by atoms with Crippen LogP contribution in [0.1, 0.15) is 22.6 Å². The molecule has 3 rings (SSSR count). The number of carbonyl (C=O) groups excluding carboxylic acids is 1. The van der Waals surface area contributed by atoms with Crippen LogP contribution < -0.4 is 5.32 Å². The Labute approximate surface area is 109 Å². The van der Waals surface area contributed by atoms with Crippen LogP contribution in [0.4, 0.5) is 0 Å². The largest absolute Gasteiger partial charge is 0.328 e. The van der Waals surface area contributed by atoms with Crippen molar-refractivity contribution in [3.05, 3.63) is 27.6 Å². The van der Waals surface area contributed by atoms with Crippen molar-refractivity contribution in [3.63, 3.8) is 0 Å². The lowest BCUT2D eigenvalue weighted by molar-refractivity contribution is -0.122. The van der Waals surface area contributed by atoms with E-state index in [9.17, 15) is 4.79 Å². The maximum absolute atomic E-state index is 12.1. The third kappa shape index (κ3) is 2.00. The summed E-state index contributed by atoms with van der Waals surface area (Å²) in [5.41, 5.74) is 0.601. The lowest BCUT2D eigenvalue weighted by Gasteiger charge is -2.11. The second-order valence-corrected chi connectivity index (χ2v) is 6.05. The van der Waals surface area contributed by atoms with Crippen LogP contribution in [0.3, 0.4) is 0 Å². The van der Waals surface area contributed by atoms with Gasteiger partial charge in [-0.2, -0.15) is 0 Å². The standard InChI is InChI=1S/C12H12N2OS2/c1-7-2-5-9(17-7)6-10-11(15)14(8-3-4-8)12(16)13-10/h2,5-6,8H,3-4H2,1H3,(H,13,16)/b10-6+. The van der Waals surface area contributed by atoms with E-state index in [1.165, 1.54) is 4.88 Å². The summed E-state index contributed by atoms with van der Waals surface area (Å²) in [7, 11) is 0. The molecule has 1 aromatic rings. The maximum Gasteiger partial charge on any atom is 0.276 e. The highest BCUT2D eigenvalue weighted by molar-refractivity contribution is 7.80. The molecule has 3 nitrogen and oxygen atoms in total. The van der Waals surface area contributed by atoms with Crippen molar-refractivity contribution in [2.24, 2.45) is 0 Å². The van der Waals surface area contributed by atoms with Gasteiger partial charge in [0.15, 0.2) is 5.11 Å². The first-order valence-corrected chi connectivity index (χ1v) is 6.80. The Kier molecular flexibility index (Phi) is 2.52. The van der Waals surface area contributed by atoms with Crippen molar-refractivity contribution in [2.45, 2.75) is 25.8 Å². The molecular formula is C12H12N2OS2. The summed E-state index contributed by atoms with van der Waals surface area (Å²) in [5, 5.41) is 3.56. The Balaban J connectivity index is 1.87. The summed E-state index contributed by atoms with van der Waals surface area (Å²) in [6.45, 7) is 2.05. The van der Waals surface area contributed by atoms with Crippen molar-refractivity contribution in [1.82, 2.24) is 10.2 Å². The highest BCUT2D eigenvalue weighted by Gasteiger charge is 2.41. The molecule has 2 heterocycles. The van der Waals surface area contributed by atoms with Gasteiger partial charge >= 0.3 is 0 Å². The normalized spacial score (nSPS) is 22.4. The first-order chi connectivity index (χ1) is 8.15. The molecule has 1 aliphatic heterocycles. The number of rotatable bonds is 2. The number of hydrogen-bond acceptors (Lipinski definition) is 3. The number of thiocarbonyl (C=S) groups is 1. The van der Waals surface area contributed by atoms with Crippen LogP contribution in [0, 0.1) is 6.92 Å². The Morgan fingerprint density at radius 1 is 1.53 bits per heavy atom. The minimum absolute atomic E-state index is 0.0172. The highest BCUT2D eigenvalue weighted by atomic mass is 32.1. The van der Waals surface area contributed by atoms with E-state index in [2.05, 4.69) is 12.2 Å². The SMILES string of the molecule is Cc1ccc(/C=C2/NC(=S)N(C3CC3)C2=O)s1. The smallest absolute Gasteiger partial charge is 0.276 e. The minimum atomic E-state index is 0.0172. The molecule has 1 saturated carbocycles. The van der Waals surface area contributed by atoms with Crippen LogP contribution in [0.2, 0.25) is 0 Å². The van der Waals surface area contributed by atoms with Gasteiger partial charge in [0.05, 0.1) is 0 Å². The molecule has 1 aliphatic carbocycles. The quantitative estimate of drug-likeness (QED) is 0.657. The van der Waals surface area contributed by atoms with Gasteiger partial charge < -0.3 is 5.32 Å². The second kappa shape index (κ2) is 3.92. The fraction of sp³-hybridized carbons (Fsp3) is 0.333. The third-order valence-electron chi connectivity index (χ3n) is 2.87. The van der Waals surface area contributed by atoms with Gasteiger partial charge in [-0.15, -0.1) is 11.3 Å². The van der Waals surface area contributed by atoms with Crippen molar-refractivity contribution in [1.29, 1.82) is 0 Å². The number of carbonyl (C=O) groups is 1. The van der Waals surface area contributed by atoms with E-state index in [-0.39, 0.29) is 5.91 Å². The van der Waals surface area contributed by atoms with E-state index in [1.807, 2.05) is 18.2 Å². The molecule has 2 aliphatic rings. The van der Waals surface area contributed by atoms with E-state index in [0.717, 1.165) is 17.7 Å². The van der Waals surface area contributed by atoms with Crippen molar-refractivity contribution in [2.75, 3.05) is 0 Å². The molecule has 17 heavy (non-hydrogen) atoms. The average molecular weight is 264 g/mol. The molecule has 0 bridgehead atoms. The number of hydrogen-bond donors (Lipinski definition) is 1. The lowest BCUT2D eigenvalue weighted by Crippen LogP contribution is -2.32. The zero-order chi connectivity index (χ0) is 12.0. The third-order valence-corrected chi connectivity index (χ3v) is 4.12. The Hall–Kier alpha value is -1.20. The first-order valence-electron chi connectivity index (χ1n) is 5.58. The molecule has 0 unspecified atom stereocenters.